The summed E-state index contributed by atoms with van der Waals surface area (Å²) in [6.45, 7) is 5.73. The number of methoxy groups -OCH3 is 1. The van der Waals surface area contributed by atoms with Gasteiger partial charge in [-0.25, -0.2) is 9.78 Å². The Bertz CT molecular complexity index is 1240. The summed E-state index contributed by atoms with van der Waals surface area (Å²) in [5.74, 6) is 0.828. The van der Waals surface area contributed by atoms with Gasteiger partial charge in [0.05, 0.1) is 30.8 Å². The monoisotopic (exact) mass is 515 g/mol. The number of fused-ring (bicyclic) bond motifs is 1. The Kier molecular flexibility index (Phi) is 8.21. The molecule has 2 aromatic carbocycles. The smallest absolute Gasteiger partial charge is 0.344 e. The fourth-order valence-corrected chi connectivity index (χ4v) is 3.54. The van der Waals surface area contributed by atoms with Gasteiger partial charge < -0.3 is 14.2 Å². The van der Waals surface area contributed by atoms with Crippen LogP contribution in [0.4, 0.5) is 0 Å². The number of carbonyl (C=O) groups is 1. The van der Waals surface area contributed by atoms with Gasteiger partial charge in [-0.2, -0.15) is 9.78 Å². The maximum atomic E-state index is 13.3. The van der Waals surface area contributed by atoms with E-state index in [1.807, 2.05) is 26.0 Å². The van der Waals surface area contributed by atoms with E-state index in [1.54, 1.807) is 31.2 Å². The van der Waals surface area contributed by atoms with Gasteiger partial charge in [0.25, 0.3) is 5.56 Å². The summed E-state index contributed by atoms with van der Waals surface area (Å²) < 4.78 is 18.1. The first-order chi connectivity index (χ1) is 15.9. The predicted octanol–water partition coefficient (Wildman–Crippen LogP) is 4.51. The average Bonchev–Trinajstić information content (AvgIpc) is 2.82. The highest BCUT2D eigenvalue weighted by molar-refractivity contribution is 9.10. The Morgan fingerprint density at radius 1 is 1.27 bits per heavy atom. The van der Waals surface area contributed by atoms with Crippen molar-refractivity contribution in [1.82, 2.24) is 9.66 Å². The number of aromatic nitrogens is 2. The molecule has 174 valence electrons. The van der Waals surface area contributed by atoms with Crippen molar-refractivity contribution in [1.29, 1.82) is 0 Å². The summed E-state index contributed by atoms with van der Waals surface area (Å²) in [7, 11) is 1.50. The Hall–Kier alpha value is -3.20. The lowest BCUT2D eigenvalue weighted by molar-refractivity contribution is -0.145. The van der Waals surface area contributed by atoms with Crippen molar-refractivity contribution in [3.05, 3.63) is 62.6 Å². The van der Waals surface area contributed by atoms with Crippen molar-refractivity contribution in [2.45, 2.75) is 33.1 Å². The SMILES string of the molecule is CCOC(=O)COc1c(C=Nn2c([C@H](C)CC)nc3ccc(Br)cc3c2=O)cccc1OC. The van der Waals surface area contributed by atoms with Gasteiger partial charge in [0, 0.05) is 16.0 Å². The molecule has 3 aromatic rings. The lowest BCUT2D eigenvalue weighted by atomic mass is 10.1. The number of para-hydroxylation sites is 1. The van der Waals surface area contributed by atoms with Crippen molar-refractivity contribution < 1.29 is 19.0 Å². The average molecular weight is 516 g/mol. The molecule has 0 saturated heterocycles. The molecule has 0 amide bonds. The number of benzene rings is 2. The Morgan fingerprint density at radius 2 is 2.06 bits per heavy atom. The fourth-order valence-electron chi connectivity index (χ4n) is 3.18. The van der Waals surface area contributed by atoms with E-state index in [9.17, 15) is 9.59 Å². The van der Waals surface area contributed by atoms with E-state index in [4.69, 9.17) is 19.2 Å². The van der Waals surface area contributed by atoms with E-state index >= 15 is 0 Å². The highest BCUT2D eigenvalue weighted by Gasteiger charge is 2.17. The molecule has 3 rings (SSSR count). The molecule has 9 heteroatoms. The predicted molar refractivity (Wildman–Crippen MR) is 131 cm³/mol. The van der Waals surface area contributed by atoms with Crippen LogP contribution in [0.1, 0.15) is 44.5 Å². The van der Waals surface area contributed by atoms with Gasteiger partial charge in [-0.05, 0) is 43.7 Å². The molecule has 0 aliphatic rings. The summed E-state index contributed by atoms with van der Waals surface area (Å²) in [5.41, 5.74) is 0.879. The molecule has 0 saturated carbocycles. The molecule has 0 unspecified atom stereocenters. The van der Waals surface area contributed by atoms with Crippen molar-refractivity contribution in [3.63, 3.8) is 0 Å². The maximum absolute atomic E-state index is 13.3. The van der Waals surface area contributed by atoms with Gasteiger partial charge in [-0.15, -0.1) is 0 Å². The minimum Gasteiger partial charge on any atom is -0.493 e. The summed E-state index contributed by atoms with van der Waals surface area (Å²) in [6, 6.07) is 10.6. The Morgan fingerprint density at radius 3 is 2.76 bits per heavy atom. The number of halogens is 1. The van der Waals surface area contributed by atoms with Crippen molar-refractivity contribution in [3.8, 4) is 11.5 Å². The van der Waals surface area contributed by atoms with Crippen LogP contribution >= 0.6 is 15.9 Å². The second-order valence-corrected chi connectivity index (χ2v) is 8.19. The van der Waals surface area contributed by atoms with Crippen LogP contribution in [0.15, 0.2) is 50.8 Å². The minimum atomic E-state index is -0.495. The third kappa shape index (κ3) is 5.60. The van der Waals surface area contributed by atoms with E-state index in [1.165, 1.54) is 18.0 Å². The number of carbonyl (C=O) groups excluding carboxylic acids is 1. The van der Waals surface area contributed by atoms with Crippen molar-refractivity contribution in [2.75, 3.05) is 20.3 Å². The first kappa shape index (κ1) is 24.4. The van der Waals surface area contributed by atoms with Crippen LogP contribution in [-0.4, -0.2) is 42.2 Å². The van der Waals surface area contributed by atoms with E-state index in [-0.39, 0.29) is 24.7 Å². The van der Waals surface area contributed by atoms with Gasteiger partial charge in [0.15, 0.2) is 18.1 Å². The molecule has 0 radical (unpaired) electrons. The highest BCUT2D eigenvalue weighted by atomic mass is 79.9. The van der Waals surface area contributed by atoms with Crippen LogP contribution in [0.5, 0.6) is 11.5 Å². The number of esters is 1. The lowest BCUT2D eigenvalue weighted by Gasteiger charge is -2.15. The summed E-state index contributed by atoms with van der Waals surface area (Å²) in [4.78, 5) is 29.8. The topological polar surface area (TPSA) is 92.0 Å². The molecule has 0 aliphatic carbocycles. The van der Waals surface area contributed by atoms with Gasteiger partial charge in [-0.3, -0.25) is 4.79 Å². The van der Waals surface area contributed by atoms with Crippen LogP contribution < -0.4 is 15.0 Å². The van der Waals surface area contributed by atoms with Crippen LogP contribution in [0.25, 0.3) is 10.9 Å². The second kappa shape index (κ2) is 11.1. The molecule has 1 aromatic heterocycles. The summed E-state index contributed by atoms with van der Waals surface area (Å²) in [6.07, 6.45) is 2.29. The van der Waals surface area contributed by atoms with Crippen LogP contribution in [0.3, 0.4) is 0 Å². The first-order valence-electron chi connectivity index (χ1n) is 10.6. The zero-order valence-electron chi connectivity index (χ0n) is 19.0. The van der Waals surface area contributed by atoms with E-state index in [0.29, 0.717) is 33.8 Å². The molecule has 8 nitrogen and oxygen atoms in total. The molecule has 0 bridgehead atoms. The molecule has 0 spiro atoms. The van der Waals surface area contributed by atoms with Crippen LogP contribution in [0, 0.1) is 0 Å². The van der Waals surface area contributed by atoms with E-state index in [2.05, 4.69) is 21.0 Å². The maximum Gasteiger partial charge on any atom is 0.344 e. The minimum absolute atomic E-state index is 0.00717. The molecule has 1 atom stereocenters. The molecule has 0 aliphatic heterocycles. The third-order valence-corrected chi connectivity index (χ3v) is 5.56. The molecule has 0 fully saturated rings. The number of nitrogens with zero attached hydrogens (tertiary/aromatic N) is 3. The first-order valence-corrected chi connectivity index (χ1v) is 11.4. The molecule has 33 heavy (non-hydrogen) atoms. The molecular formula is C24H26BrN3O5. The highest BCUT2D eigenvalue weighted by Crippen LogP contribution is 2.30. The Balaban J connectivity index is 2.09. The lowest BCUT2D eigenvalue weighted by Crippen LogP contribution is -2.23. The number of rotatable bonds is 9. The van der Waals surface area contributed by atoms with Gasteiger partial charge in [0.1, 0.15) is 5.82 Å². The van der Waals surface area contributed by atoms with Crippen molar-refractivity contribution in [2.24, 2.45) is 5.10 Å². The van der Waals surface area contributed by atoms with Gasteiger partial charge in [0.2, 0.25) is 0 Å². The second-order valence-electron chi connectivity index (χ2n) is 7.27. The number of ether oxygens (including phenoxy) is 3. The van der Waals surface area contributed by atoms with Gasteiger partial charge >= 0.3 is 5.97 Å². The summed E-state index contributed by atoms with van der Waals surface area (Å²) in [5, 5.41) is 4.93. The standard InChI is InChI=1S/C24H26BrN3O5/c1-5-15(3)23-27-19-11-10-17(25)12-18(19)24(30)28(23)26-13-16-8-7-9-20(31-4)22(16)33-14-21(29)32-6-2/h7-13,15H,5-6,14H2,1-4H3/t15-/m1/s1. The van der Waals surface area contributed by atoms with E-state index in [0.717, 1.165) is 10.9 Å². The normalized spacial score (nSPS) is 12.2. The largest absolute Gasteiger partial charge is 0.493 e. The van der Waals surface area contributed by atoms with E-state index < -0.39 is 5.97 Å². The Labute approximate surface area is 200 Å². The zero-order valence-corrected chi connectivity index (χ0v) is 20.6. The zero-order chi connectivity index (χ0) is 24.0. The molecule has 0 N–H and O–H groups in total. The molecule has 1 heterocycles. The van der Waals surface area contributed by atoms with Crippen molar-refractivity contribution >= 4 is 39.0 Å². The quantitative estimate of drug-likeness (QED) is 0.307. The molecular weight excluding hydrogens is 490 g/mol. The van der Waals surface area contributed by atoms with Crippen LogP contribution in [-0.2, 0) is 9.53 Å². The van der Waals surface area contributed by atoms with Gasteiger partial charge in [-0.1, -0.05) is 35.8 Å². The fraction of sp³-hybridized carbons (Fsp3) is 0.333. The summed E-state index contributed by atoms with van der Waals surface area (Å²) >= 11 is 3.41. The number of hydrogen-bond donors (Lipinski definition) is 0. The number of hydrogen-bond acceptors (Lipinski definition) is 7. The third-order valence-electron chi connectivity index (χ3n) is 5.07. The van der Waals surface area contributed by atoms with Crippen LogP contribution in [0.2, 0.25) is 0 Å².